The molecule has 2 aromatic rings. The van der Waals surface area contributed by atoms with E-state index in [1.54, 1.807) is 11.3 Å². The van der Waals surface area contributed by atoms with E-state index in [0.717, 1.165) is 22.9 Å². The van der Waals surface area contributed by atoms with Gasteiger partial charge in [0.15, 0.2) is 0 Å². The second kappa shape index (κ2) is 7.09. The van der Waals surface area contributed by atoms with Gasteiger partial charge in [0.05, 0.1) is 23.2 Å². The Morgan fingerprint density at radius 1 is 1.35 bits per heavy atom. The van der Waals surface area contributed by atoms with Crippen molar-refractivity contribution < 1.29 is 4.74 Å². The van der Waals surface area contributed by atoms with Crippen LogP contribution in [0.1, 0.15) is 41.6 Å². The second-order valence-electron chi connectivity index (χ2n) is 5.16. The number of benzene rings is 1. The maximum absolute atomic E-state index is 5.96. The van der Waals surface area contributed by atoms with Crippen LogP contribution in [0.3, 0.4) is 0 Å². The summed E-state index contributed by atoms with van der Waals surface area (Å²) in [7, 11) is 0. The lowest BCUT2D eigenvalue weighted by Crippen LogP contribution is -2.04. The average molecular weight is 310 g/mol. The van der Waals surface area contributed by atoms with Crippen LogP contribution in [0.4, 0.5) is 0 Å². The molecule has 108 valence electrons. The van der Waals surface area contributed by atoms with Gasteiger partial charge in [0.2, 0.25) is 0 Å². The molecule has 4 heteroatoms. The van der Waals surface area contributed by atoms with Gasteiger partial charge in [0.25, 0.3) is 0 Å². The van der Waals surface area contributed by atoms with Crippen molar-refractivity contribution in [2.24, 2.45) is 0 Å². The van der Waals surface area contributed by atoms with Crippen LogP contribution in [0.2, 0.25) is 0 Å². The number of aromatic nitrogens is 1. The molecule has 0 atom stereocenters. The first-order chi connectivity index (χ1) is 9.60. The number of alkyl halides is 1. The standard InChI is InChI=1S/C16H20ClNOS/c1-11(2)14-5-4-12(3)8-15(14)19-7-6-16-18-13(9-17)10-20-16/h4-5,8,10-11H,6-7,9H2,1-3H3. The molecule has 0 bridgehead atoms. The van der Waals surface area contributed by atoms with Gasteiger partial charge < -0.3 is 4.74 Å². The summed E-state index contributed by atoms with van der Waals surface area (Å²) in [5, 5.41) is 3.09. The fourth-order valence-electron chi connectivity index (χ4n) is 2.02. The topological polar surface area (TPSA) is 22.1 Å². The lowest BCUT2D eigenvalue weighted by atomic mass is 10.0. The monoisotopic (exact) mass is 309 g/mol. The zero-order valence-corrected chi connectivity index (χ0v) is 13.7. The summed E-state index contributed by atoms with van der Waals surface area (Å²) in [6.45, 7) is 7.11. The van der Waals surface area contributed by atoms with Crippen molar-refractivity contribution >= 4 is 22.9 Å². The van der Waals surface area contributed by atoms with Gasteiger partial charge in [0, 0.05) is 11.8 Å². The molecule has 2 nitrogen and oxygen atoms in total. The van der Waals surface area contributed by atoms with Gasteiger partial charge >= 0.3 is 0 Å². The Morgan fingerprint density at radius 2 is 2.15 bits per heavy atom. The predicted octanol–water partition coefficient (Wildman–Crippen LogP) is 4.94. The zero-order valence-electron chi connectivity index (χ0n) is 12.1. The number of rotatable bonds is 6. The molecule has 0 aliphatic heterocycles. The Bertz CT molecular complexity index is 565. The molecule has 1 aromatic carbocycles. The third-order valence-electron chi connectivity index (χ3n) is 3.10. The first kappa shape index (κ1) is 15.3. The summed E-state index contributed by atoms with van der Waals surface area (Å²) in [4.78, 5) is 4.44. The SMILES string of the molecule is Cc1ccc(C(C)C)c(OCCc2nc(CCl)cs2)c1. The number of thiazole rings is 1. The van der Waals surface area contributed by atoms with Crippen LogP contribution in [-0.4, -0.2) is 11.6 Å². The van der Waals surface area contributed by atoms with E-state index in [0.29, 0.717) is 18.4 Å². The van der Waals surface area contributed by atoms with Crippen molar-refractivity contribution in [1.29, 1.82) is 0 Å². The van der Waals surface area contributed by atoms with Crippen LogP contribution in [0, 0.1) is 6.92 Å². The fraction of sp³-hybridized carbons (Fsp3) is 0.438. The van der Waals surface area contributed by atoms with Crippen LogP contribution in [0.25, 0.3) is 0 Å². The number of aryl methyl sites for hydroxylation is 1. The molecular formula is C16H20ClNOS. The van der Waals surface area contributed by atoms with Crippen molar-refractivity contribution in [2.75, 3.05) is 6.61 Å². The highest BCUT2D eigenvalue weighted by atomic mass is 35.5. The number of ether oxygens (including phenoxy) is 1. The fourth-order valence-corrected chi connectivity index (χ4v) is 3.02. The summed E-state index contributed by atoms with van der Waals surface area (Å²) < 4.78 is 5.96. The summed E-state index contributed by atoms with van der Waals surface area (Å²) >= 11 is 7.40. The molecule has 20 heavy (non-hydrogen) atoms. The van der Waals surface area contributed by atoms with E-state index in [2.05, 4.69) is 44.0 Å². The van der Waals surface area contributed by atoms with Gasteiger partial charge in [-0.1, -0.05) is 26.0 Å². The van der Waals surface area contributed by atoms with Gasteiger partial charge in [-0.15, -0.1) is 22.9 Å². The Balaban J connectivity index is 1.98. The van der Waals surface area contributed by atoms with E-state index in [9.17, 15) is 0 Å². The van der Waals surface area contributed by atoms with Crippen molar-refractivity contribution in [3.05, 3.63) is 45.4 Å². The van der Waals surface area contributed by atoms with E-state index in [-0.39, 0.29) is 0 Å². The van der Waals surface area contributed by atoms with Gasteiger partial charge in [0.1, 0.15) is 5.75 Å². The molecule has 0 spiro atoms. The Hall–Kier alpha value is -1.06. The summed E-state index contributed by atoms with van der Waals surface area (Å²) in [6.07, 6.45) is 0.826. The Kier molecular flexibility index (Phi) is 5.44. The summed E-state index contributed by atoms with van der Waals surface area (Å²) in [5.41, 5.74) is 3.43. The van der Waals surface area contributed by atoms with E-state index in [4.69, 9.17) is 16.3 Å². The van der Waals surface area contributed by atoms with Gasteiger partial charge in [-0.3, -0.25) is 0 Å². The maximum atomic E-state index is 5.96. The van der Waals surface area contributed by atoms with Crippen molar-refractivity contribution in [1.82, 2.24) is 4.98 Å². The van der Waals surface area contributed by atoms with E-state index >= 15 is 0 Å². The molecule has 0 N–H and O–H groups in total. The highest BCUT2D eigenvalue weighted by Gasteiger charge is 2.08. The smallest absolute Gasteiger partial charge is 0.123 e. The molecule has 0 aliphatic carbocycles. The lowest BCUT2D eigenvalue weighted by Gasteiger charge is -2.14. The van der Waals surface area contributed by atoms with Crippen LogP contribution in [0.5, 0.6) is 5.75 Å². The second-order valence-corrected chi connectivity index (χ2v) is 6.37. The number of nitrogens with zero attached hydrogens (tertiary/aromatic N) is 1. The molecule has 0 aliphatic rings. The van der Waals surface area contributed by atoms with Gasteiger partial charge in [-0.2, -0.15) is 0 Å². The van der Waals surface area contributed by atoms with E-state index in [1.165, 1.54) is 11.1 Å². The zero-order chi connectivity index (χ0) is 14.5. The molecular weight excluding hydrogens is 290 g/mol. The van der Waals surface area contributed by atoms with Gasteiger partial charge in [-0.05, 0) is 30.0 Å². The Labute approximate surface area is 129 Å². The Morgan fingerprint density at radius 3 is 2.80 bits per heavy atom. The summed E-state index contributed by atoms with van der Waals surface area (Å²) in [6, 6.07) is 6.40. The van der Waals surface area contributed by atoms with Crippen molar-refractivity contribution in [3.8, 4) is 5.75 Å². The van der Waals surface area contributed by atoms with E-state index < -0.39 is 0 Å². The molecule has 0 radical (unpaired) electrons. The van der Waals surface area contributed by atoms with E-state index in [1.807, 2.05) is 5.38 Å². The number of hydrogen-bond donors (Lipinski definition) is 0. The predicted molar refractivity (Wildman–Crippen MR) is 86.1 cm³/mol. The third-order valence-corrected chi connectivity index (χ3v) is 4.33. The van der Waals surface area contributed by atoms with Crippen LogP contribution in [-0.2, 0) is 12.3 Å². The van der Waals surface area contributed by atoms with Crippen LogP contribution in [0.15, 0.2) is 23.6 Å². The third kappa shape index (κ3) is 3.97. The minimum absolute atomic E-state index is 0.466. The van der Waals surface area contributed by atoms with Crippen molar-refractivity contribution in [2.45, 2.75) is 39.0 Å². The molecule has 1 aromatic heterocycles. The van der Waals surface area contributed by atoms with Gasteiger partial charge in [-0.25, -0.2) is 4.98 Å². The normalized spacial score (nSPS) is 11.1. The largest absolute Gasteiger partial charge is 0.493 e. The quantitative estimate of drug-likeness (QED) is 0.705. The number of hydrogen-bond acceptors (Lipinski definition) is 3. The molecule has 0 unspecified atom stereocenters. The highest BCUT2D eigenvalue weighted by Crippen LogP contribution is 2.27. The molecule has 0 amide bonds. The molecule has 2 rings (SSSR count). The minimum Gasteiger partial charge on any atom is -0.493 e. The molecule has 1 heterocycles. The number of halogens is 1. The van der Waals surface area contributed by atoms with Crippen molar-refractivity contribution in [3.63, 3.8) is 0 Å². The highest BCUT2D eigenvalue weighted by molar-refractivity contribution is 7.09. The maximum Gasteiger partial charge on any atom is 0.123 e. The molecule has 0 saturated heterocycles. The molecule has 0 saturated carbocycles. The average Bonchev–Trinajstić information content (AvgIpc) is 2.86. The summed E-state index contributed by atoms with van der Waals surface area (Å²) in [5.74, 6) is 1.94. The first-order valence-electron chi connectivity index (χ1n) is 6.82. The van der Waals surface area contributed by atoms with Crippen LogP contribution < -0.4 is 4.74 Å². The first-order valence-corrected chi connectivity index (χ1v) is 8.24. The lowest BCUT2D eigenvalue weighted by molar-refractivity contribution is 0.317. The minimum atomic E-state index is 0.466. The molecule has 0 fully saturated rings. The van der Waals surface area contributed by atoms with Crippen LogP contribution >= 0.6 is 22.9 Å².